The smallest absolute Gasteiger partial charge is 0.416 e. The van der Waals surface area contributed by atoms with E-state index in [1.54, 1.807) is 12.1 Å². The number of rotatable bonds is 6. The Morgan fingerprint density at radius 3 is 2.53 bits per heavy atom. The second kappa shape index (κ2) is 7.94. The molecule has 0 bridgehead atoms. The largest absolute Gasteiger partial charge is 0.856 e. The summed E-state index contributed by atoms with van der Waals surface area (Å²) in [5.41, 5.74) is -0.573. The van der Waals surface area contributed by atoms with Gasteiger partial charge in [-0.2, -0.15) is 13.2 Å². The fourth-order valence-electron chi connectivity index (χ4n) is 3.08. The number of halogens is 4. The number of nitrogens with zero attached hydrogens (tertiary/aromatic N) is 2. The van der Waals surface area contributed by atoms with Gasteiger partial charge in [-0.25, -0.2) is 9.37 Å². The second-order valence-corrected chi connectivity index (χ2v) is 6.86. The summed E-state index contributed by atoms with van der Waals surface area (Å²) < 4.78 is 68.4. The maximum Gasteiger partial charge on any atom is 0.416 e. The van der Waals surface area contributed by atoms with Crippen LogP contribution in [0.3, 0.4) is 0 Å². The van der Waals surface area contributed by atoms with Gasteiger partial charge in [-0.3, -0.25) is 0 Å². The third kappa shape index (κ3) is 4.54. The highest BCUT2D eigenvalue weighted by Gasteiger charge is 2.35. The van der Waals surface area contributed by atoms with Gasteiger partial charge in [-0.1, -0.05) is 5.16 Å². The van der Waals surface area contributed by atoms with Gasteiger partial charge in [0, 0.05) is 36.5 Å². The first-order chi connectivity index (χ1) is 14.3. The van der Waals surface area contributed by atoms with Crippen LogP contribution in [0.4, 0.5) is 17.6 Å². The Balaban J connectivity index is 1.28. The molecule has 0 spiro atoms. The van der Waals surface area contributed by atoms with Gasteiger partial charge in [-0.05, 0) is 35.9 Å². The first-order valence-corrected chi connectivity index (χ1v) is 9.02. The predicted octanol–water partition coefficient (Wildman–Crippen LogP) is 4.09. The number of hydrogen-bond donors (Lipinski definition) is 0. The third-order valence-electron chi connectivity index (χ3n) is 4.70. The molecule has 158 valence electrons. The molecule has 0 N–H and O–H groups in total. The van der Waals surface area contributed by atoms with Crippen molar-refractivity contribution in [2.45, 2.75) is 37.8 Å². The van der Waals surface area contributed by atoms with Crippen LogP contribution in [0.15, 0.2) is 47.1 Å². The molecule has 4 rings (SSSR count). The van der Waals surface area contributed by atoms with Gasteiger partial charge >= 0.3 is 6.18 Å². The molecule has 0 amide bonds. The minimum absolute atomic E-state index is 0.193. The Morgan fingerprint density at radius 1 is 1.10 bits per heavy atom. The number of alkyl halides is 3. The van der Waals surface area contributed by atoms with Crippen molar-refractivity contribution in [2.75, 3.05) is 0 Å². The molecule has 1 aliphatic rings. The van der Waals surface area contributed by atoms with Gasteiger partial charge in [0.25, 0.3) is 0 Å². The van der Waals surface area contributed by atoms with Crippen LogP contribution in [-0.2, 0) is 17.5 Å². The SMILES string of the molecule is [O-]c1cc(-c2ccc(OC3CC(OCc4cc(F)ccc4C(F)(F)F)C3)nc2)on1. The van der Waals surface area contributed by atoms with E-state index in [4.69, 9.17) is 14.0 Å². The van der Waals surface area contributed by atoms with Gasteiger partial charge in [-0.15, -0.1) is 0 Å². The number of aromatic nitrogens is 2. The van der Waals surface area contributed by atoms with Gasteiger partial charge in [0.2, 0.25) is 5.88 Å². The summed E-state index contributed by atoms with van der Waals surface area (Å²) in [6, 6.07) is 6.85. The van der Waals surface area contributed by atoms with Crippen molar-refractivity contribution in [1.29, 1.82) is 0 Å². The van der Waals surface area contributed by atoms with Crippen molar-refractivity contribution in [3.8, 4) is 23.1 Å². The minimum Gasteiger partial charge on any atom is -0.856 e. The summed E-state index contributed by atoms with van der Waals surface area (Å²) in [6.45, 7) is -0.337. The number of ether oxygens (including phenoxy) is 2. The molecular weight excluding hydrogens is 408 g/mol. The van der Waals surface area contributed by atoms with E-state index >= 15 is 0 Å². The van der Waals surface area contributed by atoms with Crippen LogP contribution in [0.2, 0.25) is 0 Å². The lowest BCUT2D eigenvalue weighted by Gasteiger charge is -2.35. The Hall–Kier alpha value is -3.14. The fourth-order valence-corrected chi connectivity index (χ4v) is 3.08. The summed E-state index contributed by atoms with van der Waals surface area (Å²) in [4.78, 5) is 4.13. The van der Waals surface area contributed by atoms with Crippen molar-refractivity contribution in [3.63, 3.8) is 0 Å². The highest BCUT2D eigenvalue weighted by atomic mass is 19.4. The second-order valence-electron chi connectivity index (χ2n) is 6.86. The average molecular weight is 423 g/mol. The molecule has 1 saturated carbocycles. The van der Waals surface area contributed by atoms with Crippen molar-refractivity contribution in [1.82, 2.24) is 10.1 Å². The zero-order chi connectivity index (χ0) is 21.3. The van der Waals surface area contributed by atoms with Gasteiger partial charge < -0.3 is 19.1 Å². The number of hydrogen-bond acceptors (Lipinski definition) is 6. The summed E-state index contributed by atoms with van der Waals surface area (Å²) in [6.07, 6.45) is -2.63. The zero-order valence-corrected chi connectivity index (χ0v) is 15.4. The lowest BCUT2D eigenvalue weighted by Crippen LogP contribution is -2.39. The summed E-state index contributed by atoms with van der Waals surface area (Å²) >= 11 is 0. The monoisotopic (exact) mass is 423 g/mol. The number of pyridine rings is 1. The standard InChI is InChI=1S/C20H16F4N2O4/c21-13-2-3-16(20(22,23)24)12(5-13)10-28-14-6-15(7-14)29-19-4-1-11(9-25-19)17-8-18(27)26-30-17/h1-5,8-9,14-15H,6-7,10H2,(H,26,27)/p-1. The lowest BCUT2D eigenvalue weighted by atomic mass is 9.92. The molecule has 1 aliphatic carbocycles. The minimum atomic E-state index is -4.57. The maximum atomic E-state index is 13.3. The summed E-state index contributed by atoms with van der Waals surface area (Å²) in [7, 11) is 0. The average Bonchev–Trinajstić information content (AvgIpc) is 3.09. The van der Waals surface area contributed by atoms with Crippen LogP contribution in [0.25, 0.3) is 11.3 Å². The molecule has 0 unspecified atom stereocenters. The Kier molecular flexibility index (Phi) is 5.33. The maximum absolute atomic E-state index is 13.3. The van der Waals surface area contributed by atoms with Crippen LogP contribution in [0.1, 0.15) is 24.0 Å². The molecule has 10 heteroatoms. The van der Waals surface area contributed by atoms with Gasteiger partial charge in [0.15, 0.2) is 5.76 Å². The first kappa shape index (κ1) is 20.1. The van der Waals surface area contributed by atoms with E-state index in [1.807, 2.05) is 0 Å². The van der Waals surface area contributed by atoms with E-state index < -0.39 is 23.4 Å². The molecule has 1 aromatic carbocycles. The lowest BCUT2D eigenvalue weighted by molar-refractivity contribution is -0.277. The summed E-state index contributed by atoms with van der Waals surface area (Å²) in [5, 5.41) is 14.3. The molecule has 2 heterocycles. The molecule has 0 aliphatic heterocycles. The highest BCUT2D eigenvalue weighted by molar-refractivity contribution is 5.56. The quantitative estimate of drug-likeness (QED) is 0.556. The van der Waals surface area contributed by atoms with E-state index in [1.165, 1.54) is 12.3 Å². The van der Waals surface area contributed by atoms with E-state index in [2.05, 4.69) is 10.1 Å². The normalized spacial score (nSPS) is 18.8. The van der Waals surface area contributed by atoms with Crippen LogP contribution in [-0.4, -0.2) is 22.3 Å². The first-order valence-electron chi connectivity index (χ1n) is 9.02. The van der Waals surface area contributed by atoms with Crippen molar-refractivity contribution >= 4 is 0 Å². The molecule has 6 nitrogen and oxygen atoms in total. The van der Waals surface area contributed by atoms with E-state index in [0.29, 0.717) is 36.1 Å². The van der Waals surface area contributed by atoms with E-state index in [-0.39, 0.29) is 24.4 Å². The molecule has 1 fully saturated rings. The van der Waals surface area contributed by atoms with Crippen LogP contribution >= 0.6 is 0 Å². The topological polar surface area (TPSA) is 80.4 Å². The molecule has 3 aromatic rings. The zero-order valence-electron chi connectivity index (χ0n) is 15.4. The summed E-state index contributed by atoms with van der Waals surface area (Å²) in [5.74, 6) is -0.575. The molecule has 2 aromatic heterocycles. The highest BCUT2D eigenvalue weighted by Crippen LogP contribution is 2.34. The van der Waals surface area contributed by atoms with E-state index in [0.717, 1.165) is 12.1 Å². The van der Waals surface area contributed by atoms with Crippen molar-refractivity contribution < 1.29 is 36.7 Å². The molecule has 0 atom stereocenters. The molecule has 0 radical (unpaired) electrons. The molecule has 0 saturated heterocycles. The van der Waals surface area contributed by atoms with Crippen molar-refractivity contribution in [3.05, 3.63) is 59.5 Å². The van der Waals surface area contributed by atoms with Crippen molar-refractivity contribution in [2.24, 2.45) is 0 Å². The fraction of sp³-hybridized carbons (Fsp3) is 0.300. The van der Waals surface area contributed by atoms with Gasteiger partial charge in [0.1, 0.15) is 11.9 Å². The van der Waals surface area contributed by atoms with Crippen LogP contribution in [0, 0.1) is 5.82 Å². The Bertz CT molecular complexity index is 1010. The van der Waals surface area contributed by atoms with Crippen LogP contribution < -0.4 is 9.84 Å². The van der Waals surface area contributed by atoms with E-state index in [9.17, 15) is 22.7 Å². The Morgan fingerprint density at radius 2 is 1.90 bits per heavy atom. The molecule has 30 heavy (non-hydrogen) atoms. The third-order valence-corrected chi connectivity index (χ3v) is 4.70. The Labute approximate surface area is 168 Å². The number of benzene rings is 1. The van der Waals surface area contributed by atoms with Crippen LogP contribution in [0.5, 0.6) is 11.8 Å². The molecular formula is C20H15F4N2O4-. The van der Waals surface area contributed by atoms with Gasteiger partial charge in [0.05, 0.1) is 18.3 Å². The predicted molar refractivity (Wildman–Crippen MR) is 92.8 cm³/mol.